The van der Waals surface area contributed by atoms with Crippen LogP contribution in [0.2, 0.25) is 0 Å². The molecule has 9 heteroatoms. The number of amides is 1. The largest absolute Gasteiger partial charge is 0.416 e. The number of fused-ring (bicyclic) bond motifs is 1. The van der Waals surface area contributed by atoms with E-state index in [1.54, 1.807) is 0 Å². The van der Waals surface area contributed by atoms with Crippen LogP contribution in [-0.2, 0) is 12.7 Å². The Morgan fingerprint density at radius 1 is 1.07 bits per heavy atom. The number of carbonyl (C=O) groups excluding carboxylic acids is 1. The zero-order chi connectivity index (χ0) is 21.3. The number of hydrogen-bond acceptors (Lipinski definition) is 5. The average molecular weight is 428 g/mol. The van der Waals surface area contributed by atoms with Crippen LogP contribution in [0, 0.1) is 0 Å². The lowest BCUT2D eigenvalue weighted by Crippen LogP contribution is -2.10. The van der Waals surface area contributed by atoms with E-state index in [0.717, 1.165) is 45.7 Å². The van der Waals surface area contributed by atoms with Crippen molar-refractivity contribution in [2.75, 3.05) is 5.32 Å². The first kappa shape index (κ1) is 19.8. The number of alkyl halides is 3. The van der Waals surface area contributed by atoms with Crippen LogP contribution in [0.5, 0.6) is 0 Å². The first-order chi connectivity index (χ1) is 14.3. The highest BCUT2D eigenvalue weighted by Gasteiger charge is 2.30. The molecule has 3 aromatic carbocycles. The number of hydrogen-bond donors (Lipinski definition) is 2. The number of rotatable bonds is 5. The summed E-state index contributed by atoms with van der Waals surface area (Å²) in [6.45, 7) is 0.327. The summed E-state index contributed by atoms with van der Waals surface area (Å²) in [6.07, 6.45) is -4.36. The molecule has 0 aliphatic heterocycles. The molecule has 0 atom stereocenters. The normalized spacial score (nSPS) is 11.6. The number of halogens is 3. The van der Waals surface area contributed by atoms with Crippen molar-refractivity contribution in [2.24, 2.45) is 5.73 Å². The van der Waals surface area contributed by atoms with Gasteiger partial charge in [0.15, 0.2) is 5.82 Å². The van der Waals surface area contributed by atoms with Crippen LogP contribution >= 0.6 is 11.5 Å². The SMILES string of the molecule is NC(=O)c1nc(CNc2ccc3c(-c4ccc(C(F)(F)F)cc4)cccc3c2)ns1. The molecule has 0 saturated heterocycles. The van der Waals surface area contributed by atoms with Crippen molar-refractivity contribution >= 4 is 33.9 Å². The van der Waals surface area contributed by atoms with Gasteiger partial charge in [-0.15, -0.1) is 0 Å². The van der Waals surface area contributed by atoms with Crippen molar-refractivity contribution in [3.05, 3.63) is 77.1 Å². The van der Waals surface area contributed by atoms with Crippen LogP contribution in [0.3, 0.4) is 0 Å². The Morgan fingerprint density at radius 3 is 2.50 bits per heavy atom. The molecule has 0 unspecified atom stereocenters. The third kappa shape index (κ3) is 4.11. The number of nitrogens with two attached hydrogens (primary N) is 1. The van der Waals surface area contributed by atoms with Gasteiger partial charge in [0.1, 0.15) is 0 Å². The lowest BCUT2D eigenvalue weighted by molar-refractivity contribution is -0.137. The number of primary amides is 1. The van der Waals surface area contributed by atoms with Gasteiger partial charge in [-0.25, -0.2) is 4.98 Å². The summed E-state index contributed by atoms with van der Waals surface area (Å²) in [7, 11) is 0. The molecule has 0 radical (unpaired) electrons. The minimum atomic E-state index is -4.36. The van der Waals surface area contributed by atoms with Crippen LogP contribution in [0.25, 0.3) is 21.9 Å². The van der Waals surface area contributed by atoms with Crippen LogP contribution in [-0.4, -0.2) is 15.3 Å². The Hall–Kier alpha value is -3.46. The molecule has 152 valence electrons. The minimum absolute atomic E-state index is 0.159. The van der Waals surface area contributed by atoms with E-state index in [0.29, 0.717) is 17.9 Å². The van der Waals surface area contributed by atoms with E-state index in [9.17, 15) is 18.0 Å². The molecule has 1 heterocycles. The van der Waals surface area contributed by atoms with Gasteiger partial charge in [-0.3, -0.25) is 4.79 Å². The molecule has 30 heavy (non-hydrogen) atoms. The van der Waals surface area contributed by atoms with Crippen molar-refractivity contribution in [3.8, 4) is 11.1 Å². The number of benzene rings is 3. The standard InChI is InChI=1S/C21H15F3N4OS/c22-21(23,24)14-6-4-12(5-7-14)16-3-1-2-13-10-15(8-9-17(13)16)26-11-18-27-20(19(25)29)30-28-18/h1-10,26H,11H2,(H2,25,29). The van der Waals surface area contributed by atoms with Gasteiger partial charge >= 0.3 is 6.18 Å². The van der Waals surface area contributed by atoms with E-state index < -0.39 is 17.6 Å². The highest BCUT2D eigenvalue weighted by Crippen LogP contribution is 2.34. The molecule has 0 aliphatic carbocycles. The zero-order valence-electron chi connectivity index (χ0n) is 15.4. The first-order valence-electron chi connectivity index (χ1n) is 8.88. The van der Waals surface area contributed by atoms with Gasteiger partial charge in [-0.05, 0) is 57.7 Å². The van der Waals surface area contributed by atoms with Gasteiger partial charge in [0, 0.05) is 5.69 Å². The Morgan fingerprint density at radius 2 is 1.83 bits per heavy atom. The second-order valence-electron chi connectivity index (χ2n) is 6.55. The highest BCUT2D eigenvalue weighted by atomic mass is 32.1. The Balaban J connectivity index is 1.58. The lowest BCUT2D eigenvalue weighted by Gasteiger charge is -2.11. The Labute approximate surface area is 173 Å². The first-order valence-corrected chi connectivity index (χ1v) is 9.65. The molecular weight excluding hydrogens is 413 g/mol. The molecule has 4 aromatic rings. The van der Waals surface area contributed by atoms with Gasteiger partial charge in [0.05, 0.1) is 12.1 Å². The number of aromatic nitrogens is 2. The van der Waals surface area contributed by atoms with Crippen molar-refractivity contribution in [1.82, 2.24) is 9.36 Å². The molecule has 0 fully saturated rings. The molecule has 0 saturated carbocycles. The van der Waals surface area contributed by atoms with Crippen molar-refractivity contribution in [1.29, 1.82) is 0 Å². The van der Waals surface area contributed by atoms with Gasteiger partial charge in [-0.2, -0.15) is 17.5 Å². The number of nitrogens with zero attached hydrogens (tertiary/aromatic N) is 2. The summed E-state index contributed by atoms with van der Waals surface area (Å²) in [5, 5.41) is 5.21. The van der Waals surface area contributed by atoms with Crippen molar-refractivity contribution < 1.29 is 18.0 Å². The molecule has 0 aliphatic rings. The molecule has 0 spiro atoms. The van der Waals surface area contributed by atoms with Gasteiger partial charge in [0.2, 0.25) is 5.01 Å². The summed E-state index contributed by atoms with van der Waals surface area (Å²) in [6, 6.07) is 16.5. The zero-order valence-corrected chi connectivity index (χ0v) is 16.2. The van der Waals surface area contributed by atoms with Crippen LogP contribution in [0.4, 0.5) is 18.9 Å². The van der Waals surface area contributed by atoms with Crippen molar-refractivity contribution in [3.63, 3.8) is 0 Å². The molecule has 3 N–H and O–H groups in total. The van der Waals surface area contributed by atoms with Gasteiger partial charge in [-0.1, -0.05) is 36.4 Å². The summed E-state index contributed by atoms with van der Waals surface area (Å²) in [5.41, 5.74) is 6.89. The second kappa shape index (κ2) is 7.75. The van der Waals surface area contributed by atoms with Crippen molar-refractivity contribution in [2.45, 2.75) is 12.7 Å². The summed E-state index contributed by atoms with van der Waals surface area (Å²) in [4.78, 5) is 15.2. The maximum Gasteiger partial charge on any atom is 0.416 e. The Bertz CT molecular complexity index is 1220. The molecule has 4 rings (SSSR count). The third-order valence-corrected chi connectivity index (χ3v) is 5.30. The predicted molar refractivity (Wildman–Crippen MR) is 110 cm³/mol. The van der Waals surface area contributed by atoms with E-state index in [2.05, 4.69) is 14.7 Å². The maximum atomic E-state index is 12.8. The fourth-order valence-electron chi connectivity index (χ4n) is 3.09. The van der Waals surface area contributed by atoms with Crippen LogP contribution in [0.1, 0.15) is 21.2 Å². The second-order valence-corrected chi connectivity index (χ2v) is 7.30. The van der Waals surface area contributed by atoms with Crippen LogP contribution < -0.4 is 11.1 Å². The quantitative estimate of drug-likeness (QED) is 0.464. The van der Waals surface area contributed by atoms with Gasteiger partial charge < -0.3 is 11.1 Å². The summed E-state index contributed by atoms with van der Waals surface area (Å²) < 4.78 is 42.5. The van der Waals surface area contributed by atoms with E-state index in [4.69, 9.17) is 5.73 Å². The third-order valence-electron chi connectivity index (χ3n) is 4.53. The molecule has 5 nitrogen and oxygen atoms in total. The minimum Gasteiger partial charge on any atom is -0.378 e. The fraction of sp³-hybridized carbons (Fsp3) is 0.0952. The van der Waals surface area contributed by atoms with E-state index in [1.807, 2.05) is 36.4 Å². The van der Waals surface area contributed by atoms with E-state index in [-0.39, 0.29) is 5.01 Å². The number of anilines is 1. The fourth-order valence-corrected chi connectivity index (χ4v) is 3.62. The van der Waals surface area contributed by atoms with Crippen LogP contribution in [0.15, 0.2) is 60.7 Å². The number of nitrogens with one attached hydrogen (secondary N) is 1. The summed E-state index contributed by atoms with van der Waals surface area (Å²) in [5.74, 6) is -0.146. The van der Waals surface area contributed by atoms with E-state index in [1.165, 1.54) is 12.1 Å². The smallest absolute Gasteiger partial charge is 0.378 e. The molecule has 0 bridgehead atoms. The maximum absolute atomic E-state index is 12.8. The molecular formula is C21H15F3N4OS. The number of carbonyl (C=O) groups is 1. The molecule has 1 amide bonds. The Kier molecular flexibility index (Phi) is 5.13. The molecule has 1 aromatic heterocycles. The predicted octanol–water partition coefficient (Wildman–Crippen LogP) is 5.09. The monoisotopic (exact) mass is 428 g/mol. The lowest BCUT2D eigenvalue weighted by atomic mass is 9.97. The topological polar surface area (TPSA) is 80.9 Å². The van der Waals surface area contributed by atoms with E-state index >= 15 is 0 Å². The summed E-state index contributed by atoms with van der Waals surface area (Å²) >= 11 is 0.951. The van der Waals surface area contributed by atoms with Gasteiger partial charge in [0.25, 0.3) is 5.91 Å². The highest BCUT2D eigenvalue weighted by molar-refractivity contribution is 7.07. The average Bonchev–Trinajstić information content (AvgIpc) is 3.20.